The Hall–Kier alpha value is -2.41. The van der Waals surface area contributed by atoms with Crippen molar-refractivity contribution in [1.29, 1.82) is 0 Å². The van der Waals surface area contributed by atoms with Crippen LogP contribution in [0.25, 0.3) is 0 Å². The molecule has 0 aromatic rings. The molecule has 0 rings (SSSR count). The molecule has 0 aliphatic carbocycles. The zero-order valence-corrected chi connectivity index (χ0v) is 22.4. The highest BCUT2D eigenvalue weighted by atomic mass is 35.5. The van der Waals surface area contributed by atoms with E-state index in [1.54, 1.807) is 0 Å². The van der Waals surface area contributed by atoms with E-state index in [1.807, 2.05) is 0 Å². The van der Waals surface area contributed by atoms with Gasteiger partial charge in [-0.3, -0.25) is 9.59 Å². The van der Waals surface area contributed by atoms with Crippen LogP contribution in [-0.4, -0.2) is 88.5 Å². The van der Waals surface area contributed by atoms with Crippen molar-refractivity contribution in [3.05, 3.63) is 0 Å². The summed E-state index contributed by atoms with van der Waals surface area (Å²) in [5, 5.41) is -1.24. The fourth-order valence-electron chi connectivity index (χ4n) is 2.71. The minimum atomic E-state index is -7.83. The number of hydrogen-bond acceptors (Lipinski definition) is 4. The molecule has 0 saturated carbocycles. The van der Waals surface area contributed by atoms with E-state index in [1.165, 1.54) is 0 Å². The summed E-state index contributed by atoms with van der Waals surface area (Å²) in [6.45, 7) is -1.52. The summed E-state index contributed by atoms with van der Waals surface area (Å²) in [4.78, 5) is 33.7. The van der Waals surface area contributed by atoms with Crippen molar-refractivity contribution in [2.75, 3.05) is 6.54 Å². The van der Waals surface area contributed by atoms with Gasteiger partial charge in [0.05, 0.1) is 12.0 Å². The number of amides is 2. The van der Waals surface area contributed by atoms with Crippen LogP contribution in [0, 0.1) is 0 Å². The molecule has 1 unspecified atom stereocenters. The summed E-state index contributed by atoms with van der Waals surface area (Å²) >= 11 is 7.10. The average Bonchev–Trinajstić information content (AvgIpc) is 2.85. The molecule has 6 nitrogen and oxygen atoms in total. The second kappa shape index (κ2) is 12.9. The SMILES string of the molecule is O=C([O-])C(CCCCNC(=O)C(F)(F)C(F)(F)C(F)(F)C(F)(F)C(F)(F)Cl)NC(=O)C(F)(F)C(F)(F)C(F)(F)C(F)(F)C(F)(F)Cl. The monoisotopic (exact) mass is 769 g/mol. The molecule has 0 heterocycles. The van der Waals surface area contributed by atoms with Crippen LogP contribution in [0.3, 0.4) is 0 Å². The number of alkyl halides is 22. The lowest BCUT2D eigenvalue weighted by Gasteiger charge is -2.37. The van der Waals surface area contributed by atoms with Crippen molar-refractivity contribution in [3.63, 3.8) is 0 Å². The van der Waals surface area contributed by atoms with Crippen molar-refractivity contribution >= 4 is 41.0 Å². The molecule has 2 amide bonds. The molecule has 1 atom stereocenters. The van der Waals surface area contributed by atoms with E-state index in [9.17, 15) is 107 Å². The van der Waals surface area contributed by atoms with Crippen molar-refractivity contribution in [2.24, 2.45) is 0 Å². The van der Waals surface area contributed by atoms with Crippen LogP contribution in [0.2, 0.25) is 0 Å². The summed E-state index contributed by atoms with van der Waals surface area (Å²) in [5.74, 6) is -70.1. The number of carbonyl (C=O) groups is 3. The van der Waals surface area contributed by atoms with Crippen LogP contribution in [0.5, 0.6) is 0 Å². The maximum Gasteiger partial charge on any atom is 0.393 e. The van der Waals surface area contributed by atoms with Gasteiger partial charge in [-0.2, -0.15) is 87.8 Å². The molecule has 0 saturated heterocycles. The van der Waals surface area contributed by atoms with Crippen LogP contribution in [-0.2, 0) is 14.4 Å². The van der Waals surface area contributed by atoms with Crippen molar-refractivity contribution in [1.82, 2.24) is 10.6 Å². The van der Waals surface area contributed by atoms with Crippen LogP contribution in [0.4, 0.5) is 87.8 Å². The number of unbranched alkanes of at least 4 members (excludes halogenated alkanes) is 1. The molecule has 0 bridgehead atoms. The Morgan fingerprint density at radius 2 is 0.848 bits per heavy atom. The van der Waals surface area contributed by atoms with Gasteiger partial charge in [-0.25, -0.2) is 0 Å². The highest BCUT2D eigenvalue weighted by Crippen LogP contribution is 2.59. The van der Waals surface area contributed by atoms with Gasteiger partial charge in [0.25, 0.3) is 11.8 Å². The Morgan fingerprint density at radius 1 is 0.522 bits per heavy atom. The summed E-state index contributed by atoms with van der Waals surface area (Å²) < 4.78 is 265. The molecule has 0 aromatic carbocycles. The zero-order valence-electron chi connectivity index (χ0n) is 20.9. The number of halogens is 22. The number of carboxylic acid groups (broad SMARTS) is 1. The first-order chi connectivity index (χ1) is 19.9. The molecule has 0 fully saturated rings. The van der Waals surface area contributed by atoms with Crippen LogP contribution in [0.1, 0.15) is 19.3 Å². The van der Waals surface area contributed by atoms with Crippen molar-refractivity contribution in [3.8, 4) is 0 Å². The topological polar surface area (TPSA) is 98.3 Å². The first-order valence-electron chi connectivity index (χ1n) is 10.8. The van der Waals surface area contributed by atoms with E-state index in [4.69, 9.17) is 0 Å². The largest absolute Gasteiger partial charge is 0.548 e. The van der Waals surface area contributed by atoms with Crippen molar-refractivity contribution < 1.29 is 107 Å². The van der Waals surface area contributed by atoms with Gasteiger partial charge in [0.2, 0.25) is 0 Å². The number of carbonyl (C=O) groups excluding carboxylic acids is 3. The fourth-order valence-corrected chi connectivity index (χ4v) is 2.95. The summed E-state index contributed by atoms with van der Waals surface area (Å²) in [6.07, 6.45) is -3.69. The summed E-state index contributed by atoms with van der Waals surface area (Å²) in [5.41, 5.74) is 0. The maximum absolute atomic E-state index is 13.8. The number of hydrogen-bond donors (Lipinski definition) is 2. The predicted octanol–water partition coefficient (Wildman–Crippen LogP) is 5.25. The highest BCUT2D eigenvalue weighted by molar-refractivity contribution is 6.22. The van der Waals surface area contributed by atoms with E-state index in [-0.39, 0.29) is 0 Å². The second-order valence-electron chi connectivity index (χ2n) is 8.69. The minimum absolute atomic E-state index is 0.349. The fraction of sp³-hybridized carbons (Fsp3) is 0.833. The molecule has 0 spiro atoms. The van der Waals surface area contributed by atoms with Crippen LogP contribution in [0.15, 0.2) is 0 Å². The molecule has 0 aliphatic rings. The number of carboxylic acids is 1. The Labute approximate surface area is 249 Å². The highest BCUT2D eigenvalue weighted by Gasteiger charge is 2.89. The minimum Gasteiger partial charge on any atom is -0.548 e. The van der Waals surface area contributed by atoms with E-state index in [0.29, 0.717) is 10.6 Å². The van der Waals surface area contributed by atoms with Crippen molar-refractivity contribution in [2.45, 2.75) is 83.4 Å². The van der Waals surface area contributed by atoms with E-state index in [2.05, 4.69) is 23.2 Å². The molecule has 272 valence electrons. The Bertz CT molecular complexity index is 1140. The molecule has 0 aliphatic heterocycles. The molecular formula is C18H11Cl2F20N2O4-. The van der Waals surface area contributed by atoms with Crippen LogP contribution >= 0.6 is 23.2 Å². The first-order valence-corrected chi connectivity index (χ1v) is 11.6. The number of nitrogens with one attached hydrogen (secondary N) is 2. The lowest BCUT2D eigenvalue weighted by molar-refractivity contribution is -0.382. The first kappa shape index (κ1) is 43.6. The van der Waals surface area contributed by atoms with Gasteiger partial charge in [0, 0.05) is 6.54 Å². The Morgan fingerprint density at radius 3 is 1.15 bits per heavy atom. The maximum atomic E-state index is 13.8. The molecule has 2 N–H and O–H groups in total. The van der Waals surface area contributed by atoms with Gasteiger partial charge >= 0.3 is 58.1 Å². The zero-order chi connectivity index (χ0) is 37.6. The molecule has 0 radical (unpaired) electrons. The van der Waals surface area contributed by atoms with Gasteiger partial charge in [0.1, 0.15) is 0 Å². The number of rotatable bonds is 17. The van der Waals surface area contributed by atoms with Gasteiger partial charge < -0.3 is 20.5 Å². The van der Waals surface area contributed by atoms with Crippen LogP contribution < -0.4 is 15.7 Å². The third kappa shape index (κ3) is 7.19. The molecule has 0 aromatic heterocycles. The van der Waals surface area contributed by atoms with E-state index in [0.717, 1.165) is 0 Å². The average molecular weight is 770 g/mol. The van der Waals surface area contributed by atoms with Gasteiger partial charge in [0.15, 0.2) is 0 Å². The lowest BCUT2D eigenvalue weighted by Crippen LogP contribution is -2.69. The predicted molar refractivity (Wildman–Crippen MR) is 105 cm³/mol. The van der Waals surface area contributed by atoms with Gasteiger partial charge in [-0.1, -0.05) is 0 Å². The Balaban J connectivity index is 5.63. The second-order valence-corrected chi connectivity index (χ2v) is 9.64. The normalized spacial score (nSPS) is 15.8. The van der Waals surface area contributed by atoms with Gasteiger partial charge in [-0.05, 0) is 42.5 Å². The van der Waals surface area contributed by atoms with Gasteiger partial charge in [-0.15, -0.1) is 0 Å². The third-order valence-corrected chi connectivity index (χ3v) is 5.92. The summed E-state index contributed by atoms with van der Waals surface area (Å²) in [7, 11) is 0. The summed E-state index contributed by atoms with van der Waals surface area (Å²) in [6, 6.07) is -3.06. The lowest BCUT2D eigenvalue weighted by atomic mass is 9.97. The molecule has 28 heteroatoms. The quantitative estimate of drug-likeness (QED) is 0.120. The smallest absolute Gasteiger partial charge is 0.393 e. The standard InChI is InChI=1S/C18H12Cl2F20N2O4/c19-17(37,38)15(33,34)13(29,30)11(25,26)9(21,22)7(45)41-4-2-1-3-5(6(43)44)42-8(46)10(23,24)12(27,28)14(31,32)16(35,36)18(20,39)40/h5H,1-4H2,(H,41,45)(H,42,46)(H,43,44)/p-1. The molecular weight excluding hydrogens is 759 g/mol. The van der Waals surface area contributed by atoms with E-state index >= 15 is 0 Å². The third-order valence-electron chi connectivity index (χ3n) is 5.44. The number of aliphatic carboxylic acids is 1. The molecule has 46 heavy (non-hydrogen) atoms. The van der Waals surface area contributed by atoms with E-state index < -0.39 is 108 Å². The Kier molecular flexibility index (Phi) is 12.2.